The van der Waals surface area contributed by atoms with Gasteiger partial charge in [0.15, 0.2) is 8.07 Å². The molecule has 0 atom stereocenters. The van der Waals surface area contributed by atoms with Crippen molar-refractivity contribution in [3.05, 3.63) is 308 Å². The van der Waals surface area contributed by atoms with Gasteiger partial charge in [-0.25, -0.2) is 4.98 Å². The van der Waals surface area contributed by atoms with Crippen molar-refractivity contribution in [1.82, 2.24) is 14.1 Å². The van der Waals surface area contributed by atoms with Gasteiger partial charge in [0.25, 0.3) is 6.33 Å². The minimum atomic E-state index is -6.47. The van der Waals surface area contributed by atoms with E-state index in [0.29, 0.717) is 11.6 Å². The zero-order valence-electron chi connectivity index (χ0n) is 75.2. The molecule has 0 spiro atoms. The average molecular weight is 1160 g/mol. The van der Waals surface area contributed by atoms with Crippen molar-refractivity contribution in [1.29, 1.82) is 0 Å². The first-order valence-electron chi connectivity index (χ1n) is 41.5. The van der Waals surface area contributed by atoms with Crippen LogP contribution in [0.5, 0.6) is 11.5 Å². The molecule has 14 rings (SSSR count). The predicted octanol–water partition coefficient (Wildman–Crippen LogP) is 17.0. The van der Waals surface area contributed by atoms with Crippen molar-refractivity contribution in [2.75, 3.05) is 0 Å². The molecule has 0 aliphatic heterocycles. The molecule has 0 amide bonds. The first kappa shape index (κ1) is 31.1. The summed E-state index contributed by atoms with van der Waals surface area (Å²) in [5.74, 6) is 1.26. The van der Waals surface area contributed by atoms with E-state index in [9.17, 15) is 26.0 Å². The first-order chi connectivity index (χ1) is 53.5. The fourth-order valence-electron chi connectivity index (χ4n) is 11.0. The van der Waals surface area contributed by atoms with E-state index in [4.69, 9.17) is 22.1 Å². The lowest BCUT2D eigenvalue weighted by atomic mass is 9.84. The number of rotatable bonds is 12. The van der Waals surface area contributed by atoms with Gasteiger partial charge in [0, 0.05) is 23.0 Å². The Kier molecular flexibility index (Phi) is 7.89. The standard InChI is InChI=1S/C80H66N4OSi/c1-79(2,3)61-45-46-81-77(52-61)84-72-40-23-22-39-69(72)70-44-43-65(54-75(70)84)85-64-32-26-31-63(53-64)82-55-83(74-42-25-24-41-73(74)82)78-71(60-48-58(56-27-12-7-13-28-56)47-59(49-60)57-29-14-8-15-30-57)50-62(80(4,5)6)51-76(78)86(66-33-16-9-17-34-66,67-35-18-10-19-36-67)68-37-20-11-21-38-68/h7-54H,1-6H3/i7D,8D,9D,10D,11D,12D,13D,14D,15D,16D,17D,18D,19D,20D,21D,27D,28D,29D,30D,33D,34D,35D,36D,37D,38D,47D,48D,49D. The van der Waals surface area contributed by atoms with Gasteiger partial charge in [-0.2, -0.15) is 0 Å². The third-order valence-corrected chi connectivity index (χ3v) is 19.3. The molecule has 0 aliphatic carbocycles. The molecule has 0 aliphatic rings. The summed E-state index contributed by atoms with van der Waals surface area (Å²) in [6, 6.07) is 3.57. The Labute approximate surface area is 544 Å². The van der Waals surface area contributed by atoms with Crippen molar-refractivity contribution in [2.45, 2.75) is 52.4 Å². The largest absolute Gasteiger partial charge is 0.458 e. The summed E-state index contributed by atoms with van der Waals surface area (Å²) in [7, 11) is -6.47. The van der Waals surface area contributed by atoms with Gasteiger partial charge in [-0.05, 0) is 143 Å². The Bertz CT molecular complexity index is 6150. The number of fused-ring (bicyclic) bond motifs is 4. The second-order valence-corrected chi connectivity index (χ2v) is 26.0. The molecule has 6 heteroatoms. The Morgan fingerprint density at radius 3 is 1.60 bits per heavy atom. The lowest BCUT2D eigenvalue weighted by molar-refractivity contribution is -0.570. The normalized spacial score (nSPS) is 16.6. The molecule has 86 heavy (non-hydrogen) atoms. The molecule has 14 aromatic rings. The lowest BCUT2D eigenvalue weighted by Gasteiger charge is -2.38. The summed E-state index contributed by atoms with van der Waals surface area (Å²) in [4.78, 5) is 4.84. The Balaban J connectivity index is 1.21. The van der Waals surface area contributed by atoms with Crippen LogP contribution < -0.4 is 30.1 Å². The number of nitrogens with zero attached hydrogens (tertiary/aromatic N) is 4. The highest BCUT2D eigenvalue weighted by atomic mass is 28.3. The molecule has 0 radical (unpaired) electrons. The van der Waals surface area contributed by atoms with Gasteiger partial charge in [-0.1, -0.05) is 253 Å². The molecule has 0 saturated carbocycles. The van der Waals surface area contributed by atoms with Crippen molar-refractivity contribution < 1.29 is 47.7 Å². The molecular formula is C80H66N4OSi. The van der Waals surface area contributed by atoms with Gasteiger partial charge in [0.05, 0.1) is 71.8 Å². The van der Waals surface area contributed by atoms with Crippen LogP contribution in [0.15, 0.2) is 291 Å². The Hall–Kier alpha value is -10.1. The van der Waals surface area contributed by atoms with Crippen LogP contribution in [-0.4, -0.2) is 22.2 Å². The van der Waals surface area contributed by atoms with Crippen molar-refractivity contribution in [3.8, 4) is 62.1 Å². The van der Waals surface area contributed by atoms with Crippen LogP contribution in [0.1, 0.15) is 91.1 Å². The number of benzene rings is 11. The van der Waals surface area contributed by atoms with Gasteiger partial charge >= 0.3 is 0 Å². The number of ether oxygens (including phenoxy) is 1. The predicted molar refractivity (Wildman–Crippen MR) is 360 cm³/mol. The molecule has 0 bridgehead atoms. The summed E-state index contributed by atoms with van der Waals surface area (Å²) in [5.41, 5.74) is -3.78. The maximum absolute atomic E-state index is 10.8. The molecule has 0 fully saturated rings. The number of pyridine rings is 1. The molecule has 3 heterocycles. The first-order valence-corrected chi connectivity index (χ1v) is 29.5. The van der Waals surface area contributed by atoms with E-state index >= 15 is 0 Å². The van der Waals surface area contributed by atoms with Crippen LogP contribution in [0.3, 0.4) is 0 Å². The summed E-state index contributed by atoms with van der Waals surface area (Å²) < 4.78 is 281. The highest BCUT2D eigenvalue weighted by Gasteiger charge is 2.45. The molecule has 3 aromatic heterocycles. The number of hydrogen-bond donors (Lipinski definition) is 0. The van der Waals surface area contributed by atoms with Gasteiger partial charge in [0.1, 0.15) is 17.3 Å². The van der Waals surface area contributed by atoms with Crippen LogP contribution in [0.25, 0.3) is 83.4 Å². The van der Waals surface area contributed by atoms with E-state index in [2.05, 4.69) is 27.1 Å². The van der Waals surface area contributed by atoms with Gasteiger partial charge in [0.2, 0.25) is 0 Å². The zero-order chi connectivity index (χ0) is 82.9. The maximum atomic E-state index is 10.8. The van der Waals surface area contributed by atoms with Crippen LogP contribution in [0, 0.1) is 6.33 Å². The van der Waals surface area contributed by atoms with Crippen LogP contribution in [0.4, 0.5) is 0 Å². The van der Waals surface area contributed by atoms with E-state index in [1.165, 1.54) is 21.3 Å². The minimum absolute atomic E-state index is 0.00475. The van der Waals surface area contributed by atoms with Crippen molar-refractivity contribution in [2.24, 2.45) is 0 Å². The number of para-hydroxylation sites is 3. The van der Waals surface area contributed by atoms with Gasteiger partial charge in [-0.3, -0.25) is 13.7 Å². The number of aromatic nitrogens is 4. The maximum Gasteiger partial charge on any atom is 0.269 e. The fourth-order valence-corrected chi connectivity index (χ4v) is 15.0. The molecule has 416 valence electrons. The molecule has 0 saturated heterocycles. The third kappa shape index (κ3) is 9.72. The Morgan fingerprint density at radius 2 is 1.00 bits per heavy atom. The number of hydrogen-bond acceptors (Lipinski definition) is 2. The van der Waals surface area contributed by atoms with E-state index < -0.39 is 242 Å². The highest BCUT2D eigenvalue weighted by Crippen LogP contribution is 2.40. The molecular weight excluding hydrogens is 1060 g/mol. The van der Waals surface area contributed by atoms with Crippen LogP contribution in [-0.2, 0) is 10.8 Å². The lowest BCUT2D eigenvalue weighted by Crippen LogP contribution is -2.76. The topological polar surface area (TPSA) is 35.9 Å². The monoisotopic (exact) mass is 1150 g/mol. The van der Waals surface area contributed by atoms with E-state index in [1.807, 2.05) is 53.1 Å². The van der Waals surface area contributed by atoms with Crippen LogP contribution in [0.2, 0.25) is 0 Å². The molecule has 11 aromatic carbocycles. The minimum Gasteiger partial charge on any atom is -0.458 e. The third-order valence-electron chi connectivity index (χ3n) is 15.1. The van der Waals surface area contributed by atoms with E-state index in [-0.39, 0.29) is 33.4 Å². The van der Waals surface area contributed by atoms with E-state index in [0.717, 1.165) is 27.4 Å². The van der Waals surface area contributed by atoms with E-state index in [1.54, 1.807) is 81.6 Å². The van der Waals surface area contributed by atoms with Gasteiger partial charge < -0.3 is 4.74 Å². The summed E-state index contributed by atoms with van der Waals surface area (Å²) >= 11 is 0. The summed E-state index contributed by atoms with van der Waals surface area (Å²) in [6.45, 7) is 11.3. The van der Waals surface area contributed by atoms with Crippen molar-refractivity contribution in [3.63, 3.8) is 0 Å². The number of imidazole rings is 1. The second-order valence-electron chi connectivity index (χ2n) is 22.5. The van der Waals surface area contributed by atoms with Crippen LogP contribution >= 0.6 is 0 Å². The highest BCUT2D eigenvalue weighted by molar-refractivity contribution is 7.20. The smallest absolute Gasteiger partial charge is 0.269 e. The molecule has 0 N–H and O–H groups in total. The Morgan fingerprint density at radius 1 is 0.465 bits per heavy atom. The summed E-state index contributed by atoms with van der Waals surface area (Å²) in [6.07, 6.45) is 5.17. The summed E-state index contributed by atoms with van der Waals surface area (Å²) in [5, 5.41) is -1.60. The molecule has 0 unspecified atom stereocenters. The zero-order valence-corrected chi connectivity index (χ0v) is 48.2. The van der Waals surface area contributed by atoms with Gasteiger partial charge in [-0.15, -0.1) is 0 Å². The quantitative estimate of drug-likeness (QED) is 0.0529. The van der Waals surface area contributed by atoms with Crippen molar-refractivity contribution >= 4 is 61.7 Å². The molecule has 5 nitrogen and oxygen atoms in total. The average Bonchev–Trinajstić information content (AvgIpc) is 0.714. The fraction of sp³-hybridized carbons (Fsp3) is 0.100. The SMILES string of the molecule is [2H]c1c([2H])c([2H])c(-c2c([2H])c(-c3cc(C(C)(C)C)cc([Si](c4c([2H])c([2H])c([2H])c([2H])c4[2H])(c4c([2H])c([2H])c([2H])c([2H])c4[2H])c4c([2H])c([2H])c([2H])c([2H])c4[2H])c3-[n+]3[c-]n(-c4cccc(Oc5ccc6c7ccccc7n(-c7cc(C(C)(C)C)ccn7)c6c5)c4)c4ccccc43)c([2H])c(-c3c([2H])c([2H])c([2H])c([2H])c3[2H])c2[2H])c([2H])c1[2H]. The second kappa shape index (κ2) is 21.8.